The lowest BCUT2D eigenvalue weighted by molar-refractivity contribution is -0.219. The summed E-state index contributed by atoms with van der Waals surface area (Å²) in [4.78, 5) is 20.1. The Labute approximate surface area is 166 Å². The molecule has 28 heavy (non-hydrogen) atoms. The third-order valence-corrected chi connectivity index (χ3v) is 6.87. The van der Waals surface area contributed by atoms with E-state index in [9.17, 15) is 17.6 Å². The van der Waals surface area contributed by atoms with Gasteiger partial charge in [0, 0.05) is 38.4 Å². The highest BCUT2D eigenvalue weighted by Crippen LogP contribution is 2.25. The van der Waals surface area contributed by atoms with Crippen LogP contribution >= 0.6 is 0 Å². The summed E-state index contributed by atoms with van der Waals surface area (Å²) in [7, 11) is -3.54. The minimum atomic E-state index is -3.54. The van der Waals surface area contributed by atoms with Crippen molar-refractivity contribution in [3.05, 3.63) is 30.1 Å². The van der Waals surface area contributed by atoms with E-state index in [0.29, 0.717) is 39.1 Å². The number of rotatable bonds is 5. The first kappa shape index (κ1) is 21.0. The zero-order chi connectivity index (χ0) is 20.5. The molecule has 1 amide bonds. The highest BCUT2D eigenvalue weighted by atomic mass is 32.2. The number of sulfonamides is 1. The highest BCUT2D eigenvalue weighted by Gasteiger charge is 2.39. The molecule has 0 N–H and O–H groups in total. The second-order valence-electron chi connectivity index (χ2n) is 8.27. The van der Waals surface area contributed by atoms with Crippen LogP contribution in [0, 0.1) is 11.7 Å². The lowest BCUT2D eigenvalue weighted by Crippen LogP contribution is -2.50. The van der Waals surface area contributed by atoms with Crippen molar-refractivity contribution in [3.8, 4) is 0 Å². The minimum Gasteiger partial charge on any atom is -0.369 e. The van der Waals surface area contributed by atoms with Gasteiger partial charge in [0.1, 0.15) is 5.82 Å². The van der Waals surface area contributed by atoms with Crippen LogP contribution in [0.3, 0.4) is 0 Å². The van der Waals surface area contributed by atoms with E-state index in [-0.39, 0.29) is 17.5 Å². The molecule has 7 nitrogen and oxygen atoms in total. The Morgan fingerprint density at radius 1 is 1.07 bits per heavy atom. The molecule has 0 bridgehead atoms. The van der Waals surface area contributed by atoms with Crippen LogP contribution in [0.15, 0.2) is 24.3 Å². The summed E-state index contributed by atoms with van der Waals surface area (Å²) >= 11 is 0. The molecule has 2 saturated heterocycles. The van der Waals surface area contributed by atoms with Crippen LogP contribution < -0.4 is 4.90 Å². The second-order valence-corrected chi connectivity index (χ2v) is 10.3. The Morgan fingerprint density at radius 3 is 2.25 bits per heavy atom. The maximum Gasteiger partial charge on any atom is 0.250 e. The van der Waals surface area contributed by atoms with Gasteiger partial charge >= 0.3 is 0 Å². The molecule has 3 rings (SSSR count). The topological polar surface area (TPSA) is 70.2 Å². The first-order valence-corrected chi connectivity index (χ1v) is 11.1. The van der Waals surface area contributed by atoms with Gasteiger partial charge in [0.15, 0.2) is 0 Å². The molecule has 9 heteroatoms. The Kier molecular flexibility index (Phi) is 5.97. The second kappa shape index (κ2) is 7.96. The van der Waals surface area contributed by atoms with Crippen LogP contribution in [0.1, 0.15) is 27.2 Å². The highest BCUT2D eigenvalue weighted by molar-refractivity contribution is 7.89. The Hall–Kier alpha value is -1.71. The number of piperazine rings is 1. The van der Waals surface area contributed by atoms with E-state index in [0.717, 1.165) is 5.69 Å². The van der Waals surface area contributed by atoms with Crippen molar-refractivity contribution in [2.24, 2.45) is 5.92 Å². The predicted octanol–water partition coefficient (Wildman–Crippen LogP) is 1.86. The summed E-state index contributed by atoms with van der Waals surface area (Å²) in [5, 5.41) is 1.30. The number of anilines is 1. The average Bonchev–Trinajstić information content (AvgIpc) is 2.94. The van der Waals surface area contributed by atoms with Gasteiger partial charge < -0.3 is 4.90 Å². The SMILES string of the molecule is CC(C)(C)ON1CC[C@@H](CS(=O)(=O)N2CCN(c3ccc(F)cc3)CC2)C1=O. The van der Waals surface area contributed by atoms with Crippen LogP contribution in [0.5, 0.6) is 0 Å². The van der Waals surface area contributed by atoms with Crippen LogP contribution in [-0.4, -0.2) is 67.8 Å². The lowest BCUT2D eigenvalue weighted by Gasteiger charge is -2.35. The summed E-state index contributed by atoms with van der Waals surface area (Å²) < 4.78 is 40.1. The largest absolute Gasteiger partial charge is 0.369 e. The molecular formula is C19H28FN3O4S. The van der Waals surface area contributed by atoms with Gasteiger partial charge in [0.05, 0.1) is 17.3 Å². The van der Waals surface area contributed by atoms with Crippen molar-refractivity contribution in [1.82, 2.24) is 9.37 Å². The van der Waals surface area contributed by atoms with Crippen molar-refractivity contribution in [2.45, 2.75) is 32.8 Å². The van der Waals surface area contributed by atoms with Gasteiger partial charge in [-0.25, -0.2) is 17.9 Å². The summed E-state index contributed by atoms with van der Waals surface area (Å²) in [6.07, 6.45) is 0.476. The van der Waals surface area contributed by atoms with Crippen LogP contribution in [0.4, 0.5) is 10.1 Å². The Balaban J connectivity index is 1.56. The molecule has 2 fully saturated rings. The van der Waals surface area contributed by atoms with E-state index in [1.54, 1.807) is 12.1 Å². The third kappa shape index (κ3) is 5.01. The van der Waals surface area contributed by atoms with Gasteiger partial charge in [-0.05, 0) is 51.5 Å². The predicted molar refractivity (Wildman–Crippen MR) is 105 cm³/mol. The number of nitrogens with zero attached hydrogens (tertiary/aromatic N) is 3. The zero-order valence-corrected chi connectivity index (χ0v) is 17.4. The molecule has 2 aliphatic rings. The molecule has 1 aromatic rings. The van der Waals surface area contributed by atoms with Gasteiger partial charge in [-0.2, -0.15) is 4.31 Å². The molecule has 0 saturated carbocycles. The molecule has 156 valence electrons. The molecule has 0 aromatic heterocycles. The van der Waals surface area contributed by atoms with Gasteiger partial charge in [-0.15, -0.1) is 0 Å². The van der Waals surface area contributed by atoms with Crippen molar-refractivity contribution in [1.29, 1.82) is 0 Å². The summed E-state index contributed by atoms with van der Waals surface area (Å²) in [6, 6.07) is 6.19. The zero-order valence-electron chi connectivity index (χ0n) is 16.6. The normalized spacial score (nSPS) is 22.1. The maximum atomic E-state index is 13.1. The Morgan fingerprint density at radius 2 is 1.68 bits per heavy atom. The van der Waals surface area contributed by atoms with Gasteiger partial charge in [0.25, 0.3) is 0 Å². The number of carbonyl (C=O) groups excluding carboxylic acids is 1. The van der Waals surface area contributed by atoms with Crippen molar-refractivity contribution >= 4 is 21.6 Å². The van der Waals surface area contributed by atoms with Crippen LogP contribution in [0.2, 0.25) is 0 Å². The van der Waals surface area contributed by atoms with Gasteiger partial charge in [0.2, 0.25) is 15.9 Å². The number of benzene rings is 1. The first-order chi connectivity index (χ1) is 13.0. The van der Waals surface area contributed by atoms with Crippen molar-refractivity contribution in [3.63, 3.8) is 0 Å². The van der Waals surface area contributed by atoms with E-state index < -0.39 is 21.5 Å². The molecule has 0 aliphatic carbocycles. The van der Waals surface area contributed by atoms with Gasteiger partial charge in [-0.1, -0.05) is 0 Å². The summed E-state index contributed by atoms with van der Waals surface area (Å²) in [5.74, 6) is -1.31. The number of hydrogen-bond donors (Lipinski definition) is 0. The first-order valence-electron chi connectivity index (χ1n) is 9.54. The molecule has 0 spiro atoms. The van der Waals surface area contributed by atoms with Gasteiger partial charge in [-0.3, -0.25) is 9.63 Å². The standard InChI is InChI=1S/C19H28FN3O4S/c1-19(2,3)27-23-9-8-15(18(23)24)14-28(25,26)22-12-10-21(11-13-22)17-6-4-16(20)5-7-17/h4-7,15H,8-14H2,1-3H3/t15-/m0/s1. The number of halogens is 1. The Bertz CT molecular complexity index is 799. The molecular weight excluding hydrogens is 385 g/mol. The smallest absolute Gasteiger partial charge is 0.250 e. The maximum absolute atomic E-state index is 13.1. The molecule has 0 radical (unpaired) electrons. The quantitative estimate of drug-likeness (QED) is 0.737. The van der Waals surface area contributed by atoms with E-state index in [1.165, 1.54) is 21.5 Å². The molecule has 1 atom stereocenters. The fourth-order valence-electron chi connectivity index (χ4n) is 3.52. The van der Waals surface area contributed by atoms with E-state index in [4.69, 9.17) is 4.84 Å². The minimum absolute atomic E-state index is 0.188. The van der Waals surface area contributed by atoms with E-state index in [2.05, 4.69) is 0 Å². The summed E-state index contributed by atoms with van der Waals surface area (Å²) in [5.41, 5.74) is 0.375. The fraction of sp³-hybridized carbons (Fsp3) is 0.632. The monoisotopic (exact) mass is 413 g/mol. The van der Waals surface area contributed by atoms with Crippen LogP contribution in [-0.2, 0) is 19.7 Å². The molecule has 0 unspecified atom stereocenters. The molecule has 1 aromatic carbocycles. The fourth-order valence-corrected chi connectivity index (χ4v) is 5.27. The number of hydroxylamine groups is 2. The average molecular weight is 414 g/mol. The lowest BCUT2D eigenvalue weighted by atomic mass is 10.1. The van der Waals surface area contributed by atoms with Crippen LogP contribution in [0.25, 0.3) is 0 Å². The van der Waals surface area contributed by atoms with E-state index >= 15 is 0 Å². The third-order valence-electron chi connectivity index (χ3n) is 4.90. The van der Waals surface area contributed by atoms with Crippen molar-refractivity contribution < 1.29 is 22.4 Å². The van der Waals surface area contributed by atoms with Crippen molar-refractivity contribution in [2.75, 3.05) is 43.4 Å². The number of carbonyl (C=O) groups is 1. The molecule has 2 heterocycles. The van der Waals surface area contributed by atoms with E-state index in [1.807, 2.05) is 25.7 Å². The summed E-state index contributed by atoms with van der Waals surface area (Å²) in [6.45, 7) is 7.73. The molecule has 2 aliphatic heterocycles. The number of amides is 1. The number of hydrogen-bond acceptors (Lipinski definition) is 5.